The van der Waals surface area contributed by atoms with Gasteiger partial charge in [0.25, 0.3) is 5.91 Å². The van der Waals surface area contributed by atoms with Crippen LogP contribution in [-0.4, -0.2) is 27.2 Å². The first-order chi connectivity index (χ1) is 9.22. The molecule has 2 heterocycles. The first-order valence-electron chi connectivity index (χ1n) is 6.26. The average Bonchev–Trinajstić information content (AvgIpc) is 2.87. The van der Waals surface area contributed by atoms with Gasteiger partial charge in [-0.05, 0) is 26.0 Å². The van der Waals surface area contributed by atoms with Crippen molar-refractivity contribution in [3.63, 3.8) is 0 Å². The number of anilines is 2. The van der Waals surface area contributed by atoms with Crippen LogP contribution in [0.1, 0.15) is 24.3 Å². The number of hydrogen-bond donors (Lipinski definition) is 2. The monoisotopic (exact) mass is 259 g/mol. The lowest BCUT2D eigenvalue weighted by Gasteiger charge is -2.05. The van der Waals surface area contributed by atoms with Crippen LogP contribution in [0, 0.1) is 0 Å². The van der Waals surface area contributed by atoms with E-state index in [2.05, 4.69) is 20.7 Å². The Morgan fingerprint density at radius 2 is 2.21 bits per heavy atom. The molecule has 19 heavy (non-hydrogen) atoms. The Kier molecular flexibility index (Phi) is 4.12. The highest BCUT2D eigenvalue weighted by atomic mass is 16.1. The zero-order valence-corrected chi connectivity index (χ0v) is 11.1. The molecule has 0 fully saturated rings. The number of nitrogens with zero attached hydrogens (tertiary/aromatic N) is 3. The van der Waals surface area contributed by atoms with Gasteiger partial charge in [-0.25, -0.2) is 0 Å². The molecule has 0 aliphatic rings. The lowest BCUT2D eigenvalue weighted by atomic mass is 10.3. The molecular weight excluding hydrogens is 242 g/mol. The molecule has 0 bridgehead atoms. The van der Waals surface area contributed by atoms with E-state index >= 15 is 0 Å². The van der Waals surface area contributed by atoms with Crippen molar-refractivity contribution in [3.8, 4) is 0 Å². The molecule has 0 aliphatic carbocycles. The predicted molar refractivity (Wildman–Crippen MR) is 73.4 cm³/mol. The Morgan fingerprint density at radius 3 is 2.89 bits per heavy atom. The molecule has 0 saturated carbocycles. The number of carbonyl (C=O) groups is 1. The van der Waals surface area contributed by atoms with Crippen molar-refractivity contribution >= 4 is 17.3 Å². The summed E-state index contributed by atoms with van der Waals surface area (Å²) in [6.07, 6.45) is 5.26. The maximum absolute atomic E-state index is 11.7. The standard InChI is InChI=1S/C13H17N5O/c1-3-14-13(19)12-7-10(5-6-15-12)17-11-8-16-18(4-2)9-11/h5-9H,3-4H2,1-2H3,(H,14,19)(H,15,17). The summed E-state index contributed by atoms with van der Waals surface area (Å²) >= 11 is 0. The Morgan fingerprint density at radius 1 is 1.37 bits per heavy atom. The smallest absolute Gasteiger partial charge is 0.269 e. The van der Waals surface area contributed by atoms with E-state index in [9.17, 15) is 4.79 Å². The molecule has 0 aromatic carbocycles. The number of hydrogen-bond acceptors (Lipinski definition) is 4. The van der Waals surface area contributed by atoms with E-state index < -0.39 is 0 Å². The normalized spacial score (nSPS) is 10.2. The van der Waals surface area contributed by atoms with Crippen LogP contribution in [0.2, 0.25) is 0 Å². The minimum atomic E-state index is -0.171. The number of pyridine rings is 1. The van der Waals surface area contributed by atoms with Gasteiger partial charge in [0.05, 0.1) is 11.9 Å². The van der Waals surface area contributed by atoms with Gasteiger partial charge in [-0.15, -0.1) is 0 Å². The first-order valence-corrected chi connectivity index (χ1v) is 6.26. The zero-order valence-electron chi connectivity index (χ0n) is 11.1. The van der Waals surface area contributed by atoms with Gasteiger partial charge in [0, 0.05) is 31.2 Å². The summed E-state index contributed by atoms with van der Waals surface area (Å²) in [7, 11) is 0. The maximum Gasteiger partial charge on any atom is 0.269 e. The van der Waals surface area contributed by atoms with Crippen molar-refractivity contribution in [2.45, 2.75) is 20.4 Å². The van der Waals surface area contributed by atoms with E-state index in [4.69, 9.17) is 0 Å². The van der Waals surface area contributed by atoms with Crippen LogP contribution < -0.4 is 10.6 Å². The molecule has 2 aromatic rings. The molecule has 2 aromatic heterocycles. The molecule has 0 saturated heterocycles. The van der Waals surface area contributed by atoms with Gasteiger partial charge in [0.15, 0.2) is 0 Å². The summed E-state index contributed by atoms with van der Waals surface area (Å²) in [5.74, 6) is -0.171. The molecule has 2 rings (SSSR count). The molecule has 100 valence electrons. The fourth-order valence-electron chi connectivity index (χ4n) is 1.65. The Hall–Kier alpha value is -2.37. The summed E-state index contributed by atoms with van der Waals surface area (Å²) in [5, 5.41) is 10.1. The largest absolute Gasteiger partial charge is 0.353 e. The SMILES string of the molecule is CCNC(=O)c1cc(Nc2cnn(CC)c2)ccn1. The van der Waals surface area contributed by atoms with E-state index in [1.165, 1.54) is 0 Å². The van der Waals surface area contributed by atoms with Gasteiger partial charge in [-0.1, -0.05) is 0 Å². The Balaban J connectivity index is 2.12. The van der Waals surface area contributed by atoms with Crippen LogP contribution in [0.5, 0.6) is 0 Å². The lowest BCUT2D eigenvalue weighted by molar-refractivity contribution is 0.0951. The van der Waals surface area contributed by atoms with Crippen LogP contribution in [0.25, 0.3) is 0 Å². The van der Waals surface area contributed by atoms with Gasteiger partial charge in [0.2, 0.25) is 0 Å². The van der Waals surface area contributed by atoms with E-state index in [1.54, 1.807) is 18.5 Å². The molecule has 0 radical (unpaired) electrons. The zero-order chi connectivity index (χ0) is 13.7. The predicted octanol–water partition coefficient (Wildman–Crippen LogP) is 1.79. The Labute approximate surface area is 111 Å². The summed E-state index contributed by atoms with van der Waals surface area (Å²) in [5.41, 5.74) is 2.09. The second kappa shape index (κ2) is 5.99. The van der Waals surface area contributed by atoms with Crippen LogP contribution >= 0.6 is 0 Å². The van der Waals surface area contributed by atoms with Gasteiger partial charge < -0.3 is 10.6 Å². The van der Waals surface area contributed by atoms with Crippen molar-refractivity contribution in [3.05, 3.63) is 36.4 Å². The molecule has 2 N–H and O–H groups in total. The summed E-state index contributed by atoms with van der Waals surface area (Å²) in [4.78, 5) is 15.7. The van der Waals surface area contributed by atoms with Crippen molar-refractivity contribution in [1.29, 1.82) is 0 Å². The Bertz CT molecular complexity index is 564. The number of aryl methyl sites for hydroxylation is 1. The van der Waals surface area contributed by atoms with E-state index in [-0.39, 0.29) is 5.91 Å². The molecule has 0 unspecified atom stereocenters. The minimum Gasteiger partial charge on any atom is -0.353 e. The third-order valence-electron chi connectivity index (χ3n) is 2.58. The third kappa shape index (κ3) is 3.31. The average molecular weight is 259 g/mol. The third-order valence-corrected chi connectivity index (χ3v) is 2.58. The van der Waals surface area contributed by atoms with E-state index in [0.717, 1.165) is 17.9 Å². The number of nitrogens with one attached hydrogen (secondary N) is 2. The summed E-state index contributed by atoms with van der Waals surface area (Å²) in [6.45, 7) is 5.30. The highest BCUT2D eigenvalue weighted by molar-refractivity contribution is 5.93. The fraction of sp³-hybridized carbons (Fsp3) is 0.308. The molecule has 1 amide bonds. The highest BCUT2D eigenvalue weighted by Gasteiger charge is 2.06. The van der Waals surface area contributed by atoms with Crippen LogP contribution in [0.3, 0.4) is 0 Å². The highest BCUT2D eigenvalue weighted by Crippen LogP contribution is 2.15. The van der Waals surface area contributed by atoms with Gasteiger partial charge in [-0.3, -0.25) is 14.5 Å². The van der Waals surface area contributed by atoms with Crippen LogP contribution in [0.4, 0.5) is 11.4 Å². The molecule has 6 heteroatoms. The van der Waals surface area contributed by atoms with Gasteiger partial charge >= 0.3 is 0 Å². The van der Waals surface area contributed by atoms with Crippen LogP contribution in [-0.2, 0) is 6.54 Å². The quantitative estimate of drug-likeness (QED) is 0.858. The van der Waals surface area contributed by atoms with Crippen molar-refractivity contribution < 1.29 is 4.79 Å². The fourth-order valence-corrected chi connectivity index (χ4v) is 1.65. The summed E-state index contributed by atoms with van der Waals surface area (Å²) in [6, 6.07) is 3.53. The lowest BCUT2D eigenvalue weighted by Crippen LogP contribution is -2.23. The maximum atomic E-state index is 11.7. The first kappa shape index (κ1) is 13.1. The second-order valence-electron chi connectivity index (χ2n) is 4.00. The number of aromatic nitrogens is 3. The van der Waals surface area contributed by atoms with E-state index in [1.807, 2.05) is 30.8 Å². The van der Waals surface area contributed by atoms with Crippen molar-refractivity contribution in [1.82, 2.24) is 20.1 Å². The van der Waals surface area contributed by atoms with Gasteiger partial charge in [-0.2, -0.15) is 5.10 Å². The number of rotatable bonds is 5. The number of carbonyl (C=O) groups excluding carboxylic acids is 1. The summed E-state index contributed by atoms with van der Waals surface area (Å²) < 4.78 is 1.83. The molecule has 6 nitrogen and oxygen atoms in total. The van der Waals surface area contributed by atoms with E-state index in [0.29, 0.717) is 12.2 Å². The molecular formula is C13H17N5O. The molecule has 0 aliphatic heterocycles. The number of amides is 1. The van der Waals surface area contributed by atoms with Crippen molar-refractivity contribution in [2.24, 2.45) is 0 Å². The molecule has 0 atom stereocenters. The second-order valence-corrected chi connectivity index (χ2v) is 4.00. The van der Waals surface area contributed by atoms with Crippen LogP contribution in [0.15, 0.2) is 30.7 Å². The topological polar surface area (TPSA) is 71.8 Å². The van der Waals surface area contributed by atoms with Crippen molar-refractivity contribution in [2.75, 3.05) is 11.9 Å². The molecule has 0 spiro atoms. The minimum absolute atomic E-state index is 0.171. The van der Waals surface area contributed by atoms with Gasteiger partial charge in [0.1, 0.15) is 5.69 Å².